The first-order valence-corrected chi connectivity index (χ1v) is 7.06. The van der Waals surface area contributed by atoms with Gasteiger partial charge in [-0.15, -0.1) is 0 Å². The molecule has 1 amide bonds. The highest BCUT2D eigenvalue weighted by molar-refractivity contribution is 5.85. The molecule has 7 heteroatoms. The van der Waals surface area contributed by atoms with Crippen LogP contribution in [0.1, 0.15) is 26.2 Å². The number of carbonyl (C=O) groups is 1. The third kappa shape index (κ3) is 3.10. The second-order valence-corrected chi connectivity index (χ2v) is 5.75. The zero-order valence-electron chi connectivity index (χ0n) is 11.7. The van der Waals surface area contributed by atoms with Gasteiger partial charge in [0, 0.05) is 25.7 Å². The zero-order chi connectivity index (χ0) is 14.8. The number of amides is 1. The number of rotatable bonds is 5. The quantitative estimate of drug-likeness (QED) is 0.769. The van der Waals surface area contributed by atoms with E-state index in [2.05, 4.69) is 10.2 Å². The summed E-state index contributed by atoms with van der Waals surface area (Å²) in [5, 5.41) is 12.0. The molecule has 1 saturated carbocycles. The Morgan fingerprint density at radius 1 is 1.45 bits per heavy atom. The first-order chi connectivity index (χ1) is 9.35. The lowest BCUT2D eigenvalue weighted by atomic mass is 9.75. The third-order valence-corrected chi connectivity index (χ3v) is 4.06. The Kier molecular flexibility index (Phi) is 4.61. The average molecular weight is 292 g/mol. The van der Waals surface area contributed by atoms with E-state index in [0.29, 0.717) is 26.2 Å². The number of hydrogen-bond acceptors (Lipinski definition) is 4. The Bertz CT molecular complexity index is 356. The average Bonchev–Trinajstić information content (AvgIpc) is 2.36. The summed E-state index contributed by atoms with van der Waals surface area (Å²) in [6, 6.07) is -0.393. The maximum atomic E-state index is 13.9. The summed E-state index contributed by atoms with van der Waals surface area (Å²) >= 11 is 0. The molecule has 1 atom stereocenters. The largest absolute Gasteiger partial charge is 0.383 e. The van der Waals surface area contributed by atoms with Crippen molar-refractivity contribution in [1.82, 2.24) is 10.2 Å². The van der Waals surface area contributed by atoms with Crippen molar-refractivity contribution in [1.29, 1.82) is 0 Å². The van der Waals surface area contributed by atoms with E-state index >= 15 is 0 Å². The lowest BCUT2D eigenvalue weighted by Gasteiger charge is -2.42. The van der Waals surface area contributed by atoms with E-state index in [1.54, 1.807) is 6.92 Å². The molecule has 0 aromatic carbocycles. The van der Waals surface area contributed by atoms with Crippen LogP contribution in [0.25, 0.3) is 0 Å². The Labute approximate surface area is 117 Å². The smallest absolute Gasteiger partial charge is 0.352 e. The van der Waals surface area contributed by atoms with Crippen molar-refractivity contribution in [3.63, 3.8) is 0 Å². The minimum atomic E-state index is -3.72. The molecule has 5 nitrogen and oxygen atoms in total. The lowest BCUT2D eigenvalue weighted by molar-refractivity contribution is -0.216. The van der Waals surface area contributed by atoms with Crippen LogP contribution in [0.5, 0.6) is 0 Å². The fourth-order valence-corrected chi connectivity index (χ4v) is 2.57. The van der Waals surface area contributed by atoms with Crippen LogP contribution in [-0.2, 0) is 9.53 Å². The van der Waals surface area contributed by atoms with E-state index < -0.39 is 23.5 Å². The van der Waals surface area contributed by atoms with Crippen LogP contribution in [-0.4, -0.2) is 66.3 Å². The molecule has 1 unspecified atom stereocenters. The van der Waals surface area contributed by atoms with E-state index in [9.17, 15) is 18.7 Å². The van der Waals surface area contributed by atoms with Crippen LogP contribution in [0, 0.1) is 0 Å². The van der Waals surface area contributed by atoms with Gasteiger partial charge in [-0.3, -0.25) is 9.69 Å². The van der Waals surface area contributed by atoms with Gasteiger partial charge in [-0.25, -0.2) is 0 Å². The Balaban J connectivity index is 1.83. The summed E-state index contributed by atoms with van der Waals surface area (Å²) in [7, 11) is 0. The molecule has 1 heterocycles. The van der Waals surface area contributed by atoms with Gasteiger partial charge in [-0.05, 0) is 26.2 Å². The molecule has 20 heavy (non-hydrogen) atoms. The lowest BCUT2D eigenvalue weighted by Crippen LogP contribution is -2.62. The highest BCUT2D eigenvalue weighted by Gasteiger charge is 2.61. The molecule has 0 aromatic heterocycles. The van der Waals surface area contributed by atoms with Gasteiger partial charge in [0.15, 0.2) is 0 Å². The second kappa shape index (κ2) is 5.91. The topological polar surface area (TPSA) is 61.8 Å². The number of ether oxygens (including phenoxy) is 1. The summed E-state index contributed by atoms with van der Waals surface area (Å²) in [6.07, 6.45) is 0.485. The maximum absolute atomic E-state index is 13.9. The SMILES string of the molecule is CC(CN1CCOCC1)NC(=O)C(F)(F)C1(O)CCC1. The van der Waals surface area contributed by atoms with Crippen molar-refractivity contribution in [2.24, 2.45) is 0 Å². The summed E-state index contributed by atoms with van der Waals surface area (Å²) in [5.74, 6) is -5.09. The predicted molar refractivity (Wildman–Crippen MR) is 68.6 cm³/mol. The molecule has 0 bridgehead atoms. The molecular weight excluding hydrogens is 270 g/mol. The molecule has 2 aliphatic rings. The standard InChI is InChI=1S/C13H22F2N2O3/c1-10(9-17-5-7-20-8-6-17)16-11(18)13(14,15)12(19)3-2-4-12/h10,19H,2-9H2,1H3,(H,16,18). The second-order valence-electron chi connectivity index (χ2n) is 5.75. The van der Waals surface area contributed by atoms with Gasteiger partial charge in [0.1, 0.15) is 5.60 Å². The van der Waals surface area contributed by atoms with Crippen LogP contribution >= 0.6 is 0 Å². The molecule has 0 spiro atoms. The van der Waals surface area contributed by atoms with Crippen molar-refractivity contribution in [3.8, 4) is 0 Å². The van der Waals surface area contributed by atoms with Gasteiger partial charge in [0.25, 0.3) is 5.91 Å². The number of morpholine rings is 1. The highest BCUT2D eigenvalue weighted by atomic mass is 19.3. The Morgan fingerprint density at radius 3 is 2.55 bits per heavy atom. The first kappa shape index (κ1) is 15.6. The minimum absolute atomic E-state index is 0.0226. The van der Waals surface area contributed by atoms with E-state index in [0.717, 1.165) is 13.1 Å². The Morgan fingerprint density at radius 2 is 2.05 bits per heavy atom. The molecular formula is C13H22F2N2O3. The third-order valence-electron chi connectivity index (χ3n) is 4.06. The van der Waals surface area contributed by atoms with Gasteiger partial charge >= 0.3 is 5.92 Å². The van der Waals surface area contributed by atoms with Crippen molar-refractivity contribution >= 4 is 5.91 Å². The summed E-state index contributed by atoms with van der Waals surface area (Å²) in [4.78, 5) is 13.8. The van der Waals surface area contributed by atoms with Crippen molar-refractivity contribution in [2.75, 3.05) is 32.8 Å². The van der Waals surface area contributed by atoms with E-state index in [-0.39, 0.29) is 12.8 Å². The number of nitrogens with one attached hydrogen (secondary N) is 1. The number of hydrogen-bond donors (Lipinski definition) is 2. The van der Waals surface area contributed by atoms with Crippen molar-refractivity contribution in [3.05, 3.63) is 0 Å². The first-order valence-electron chi connectivity index (χ1n) is 7.06. The van der Waals surface area contributed by atoms with E-state index in [1.807, 2.05) is 0 Å². The number of alkyl halides is 2. The Hall–Kier alpha value is -0.790. The highest BCUT2D eigenvalue weighted by Crippen LogP contribution is 2.44. The maximum Gasteiger partial charge on any atom is 0.352 e. The number of halogens is 2. The van der Waals surface area contributed by atoms with Crippen molar-refractivity contribution in [2.45, 2.75) is 43.8 Å². The molecule has 1 aliphatic heterocycles. The molecule has 0 aromatic rings. The minimum Gasteiger partial charge on any atom is -0.383 e. The molecule has 2 rings (SSSR count). The fourth-order valence-electron chi connectivity index (χ4n) is 2.57. The van der Waals surface area contributed by atoms with Gasteiger partial charge < -0.3 is 15.2 Å². The normalized spacial score (nSPS) is 24.8. The number of aliphatic hydroxyl groups is 1. The molecule has 1 aliphatic carbocycles. The van der Waals surface area contributed by atoms with E-state index in [4.69, 9.17) is 4.74 Å². The molecule has 2 N–H and O–H groups in total. The van der Waals surface area contributed by atoms with Crippen LogP contribution in [0.15, 0.2) is 0 Å². The molecule has 1 saturated heterocycles. The van der Waals surface area contributed by atoms with Crippen LogP contribution in [0.4, 0.5) is 8.78 Å². The summed E-state index contributed by atoms with van der Waals surface area (Å²) in [6.45, 7) is 4.91. The van der Waals surface area contributed by atoms with Crippen molar-refractivity contribution < 1.29 is 23.4 Å². The number of nitrogens with zero attached hydrogens (tertiary/aromatic N) is 1. The summed E-state index contributed by atoms with van der Waals surface area (Å²) < 4.78 is 33.0. The van der Waals surface area contributed by atoms with Gasteiger partial charge in [-0.2, -0.15) is 8.78 Å². The monoisotopic (exact) mass is 292 g/mol. The van der Waals surface area contributed by atoms with Gasteiger partial charge in [-0.1, -0.05) is 0 Å². The van der Waals surface area contributed by atoms with E-state index in [1.165, 1.54) is 0 Å². The van der Waals surface area contributed by atoms with Crippen LogP contribution in [0.3, 0.4) is 0 Å². The van der Waals surface area contributed by atoms with Crippen LogP contribution in [0.2, 0.25) is 0 Å². The van der Waals surface area contributed by atoms with Crippen LogP contribution < -0.4 is 5.32 Å². The summed E-state index contributed by atoms with van der Waals surface area (Å²) in [5.41, 5.74) is -2.16. The number of carbonyl (C=O) groups excluding carboxylic acids is 1. The van der Waals surface area contributed by atoms with Gasteiger partial charge in [0.05, 0.1) is 13.2 Å². The van der Waals surface area contributed by atoms with Gasteiger partial charge in [0.2, 0.25) is 0 Å². The predicted octanol–water partition coefficient (Wildman–Crippen LogP) is 0.374. The fraction of sp³-hybridized carbons (Fsp3) is 0.923. The zero-order valence-corrected chi connectivity index (χ0v) is 11.7. The molecule has 0 radical (unpaired) electrons. The molecule has 116 valence electrons. The molecule has 2 fully saturated rings.